The molecule has 4 amide bonds. The van der Waals surface area contributed by atoms with Gasteiger partial charge in [0.2, 0.25) is 5.91 Å². The second-order valence-corrected chi connectivity index (χ2v) is 6.01. The van der Waals surface area contributed by atoms with Gasteiger partial charge in [0.25, 0.3) is 5.91 Å². The normalized spacial score (nSPS) is 32.4. The van der Waals surface area contributed by atoms with Crippen LogP contribution in [-0.2, 0) is 9.59 Å². The number of urea groups is 1. The van der Waals surface area contributed by atoms with Gasteiger partial charge in [0.15, 0.2) is 0 Å². The third-order valence-corrected chi connectivity index (χ3v) is 4.09. The first-order chi connectivity index (χ1) is 8.76. The lowest BCUT2D eigenvalue weighted by atomic mass is 9.89. The highest BCUT2D eigenvalue weighted by molar-refractivity contribution is 6.18. The molecule has 2 rings (SSSR count). The summed E-state index contributed by atoms with van der Waals surface area (Å²) in [5.41, 5.74) is -1.20. The summed E-state index contributed by atoms with van der Waals surface area (Å²) in [6.07, 6.45) is 2.97. The quantitative estimate of drug-likeness (QED) is 0.726. The van der Waals surface area contributed by atoms with Gasteiger partial charge in [0, 0.05) is 12.1 Å². The molecule has 0 spiro atoms. The molecule has 0 radical (unpaired) electrons. The van der Waals surface area contributed by atoms with Gasteiger partial charge < -0.3 is 0 Å². The standard InChI is InChI=1S/C13H21N3O3/c1-8-6-5-7-9(2)15(8)16-11(18)13(3,4)10(17)14-12(16)19/h8-9H,5-7H2,1-4H3,(H,14,17,19). The molecule has 6 nitrogen and oxygen atoms in total. The molecule has 0 aromatic rings. The van der Waals surface area contributed by atoms with Crippen molar-refractivity contribution >= 4 is 17.8 Å². The predicted octanol–water partition coefficient (Wildman–Crippen LogP) is 1.27. The lowest BCUT2D eigenvalue weighted by Gasteiger charge is -2.47. The van der Waals surface area contributed by atoms with Gasteiger partial charge in [-0.1, -0.05) is 6.42 Å². The summed E-state index contributed by atoms with van der Waals surface area (Å²) in [7, 11) is 0. The first kappa shape index (κ1) is 14.0. The number of nitrogens with zero attached hydrogens (tertiary/aromatic N) is 2. The zero-order valence-electron chi connectivity index (χ0n) is 11.9. The van der Waals surface area contributed by atoms with E-state index in [4.69, 9.17) is 0 Å². The zero-order chi connectivity index (χ0) is 14.4. The van der Waals surface area contributed by atoms with Crippen molar-refractivity contribution < 1.29 is 14.4 Å². The summed E-state index contributed by atoms with van der Waals surface area (Å²) in [5.74, 6) is -0.974. The molecule has 2 unspecified atom stereocenters. The van der Waals surface area contributed by atoms with Gasteiger partial charge in [-0.05, 0) is 40.5 Å². The largest absolute Gasteiger partial charge is 0.345 e. The molecule has 0 bridgehead atoms. The average molecular weight is 267 g/mol. The Labute approximate surface area is 113 Å². The Hall–Kier alpha value is -1.43. The van der Waals surface area contributed by atoms with Crippen LogP contribution in [0, 0.1) is 5.41 Å². The topological polar surface area (TPSA) is 69.7 Å². The summed E-state index contributed by atoms with van der Waals surface area (Å²) in [4.78, 5) is 36.2. The number of rotatable bonds is 1. The minimum Gasteiger partial charge on any atom is -0.276 e. The van der Waals surface area contributed by atoms with Crippen LogP contribution in [-0.4, -0.2) is 39.9 Å². The molecule has 1 N–H and O–H groups in total. The van der Waals surface area contributed by atoms with Crippen LogP contribution in [0.5, 0.6) is 0 Å². The fourth-order valence-electron chi connectivity index (χ4n) is 2.77. The average Bonchev–Trinajstić information content (AvgIpc) is 2.31. The maximum Gasteiger partial charge on any atom is 0.345 e. The number of barbiturate groups is 1. The Balaban J connectivity index is 2.34. The lowest BCUT2D eigenvalue weighted by Crippen LogP contribution is -2.69. The van der Waals surface area contributed by atoms with Crippen LogP contribution < -0.4 is 5.32 Å². The van der Waals surface area contributed by atoms with E-state index >= 15 is 0 Å². The first-order valence-electron chi connectivity index (χ1n) is 6.75. The molecular weight excluding hydrogens is 246 g/mol. The third-order valence-electron chi connectivity index (χ3n) is 4.09. The van der Waals surface area contributed by atoms with Crippen LogP contribution in [0.3, 0.4) is 0 Å². The van der Waals surface area contributed by atoms with E-state index in [-0.39, 0.29) is 12.1 Å². The molecule has 6 heteroatoms. The highest BCUT2D eigenvalue weighted by Gasteiger charge is 2.51. The van der Waals surface area contributed by atoms with E-state index < -0.39 is 23.3 Å². The zero-order valence-corrected chi connectivity index (χ0v) is 11.9. The molecule has 2 heterocycles. The number of piperidine rings is 1. The highest BCUT2D eigenvalue weighted by Crippen LogP contribution is 2.30. The molecule has 2 atom stereocenters. The van der Waals surface area contributed by atoms with Crippen LogP contribution in [0.1, 0.15) is 47.0 Å². The Morgan fingerprint density at radius 3 is 2.16 bits per heavy atom. The van der Waals surface area contributed by atoms with Gasteiger partial charge in [-0.15, -0.1) is 0 Å². The number of nitrogens with one attached hydrogen (secondary N) is 1. The smallest absolute Gasteiger partial charge is 0.276 e. The molecule has 2 saturated heterocycles. The SMILES string of the molecule is CC1CCCC(C)N1N1C(=O)NC(=O)C(C)(C)C1=O. The van der Waals surface area contributed by atoms with Crippen molar-refractivity contribution in [2.45, 2.75) is 59.0 Å². The monoisotopic (exact) mass is 267 g/mol. The van der Waals surface area contributed by atoms with E-state index in [1.165, 1.54) is 0 Å². The van der Waals surface area contributed by atoms with Crippen LogP contribution >= 0.6 is 0 Å². The number of carbonyl (C=O) groups is 3. The van der Waals surface area contributed by atoms with E-state index in [1.807, 2.05) is 18.9 Å². The second kappa shape index (κ2) is 4.59. The number of amides is 4. The summed E-state index contributed by atoms with van der Waals surface area (Å²) in [6, 6.07) is -0.403. The van der Waals surface area contributed by atoms with Crippen LogP contribution in [0.2, 0.25) is 0 Å². The van der Waals surface area contributed by atoms with Crippen molar-refractivity contribution in [3.05, 3.63) is 0 Å². The lowest BCUT2D eigenvalue weighted by molar-refractivity contribution is -0.169. The van der Waals surface area contributed by atoms with Gasteiger partial charge in [-0.3, -0.25) is 14.9 Å². The molecule has 0 aromatic carbocycles. The van der Waals surface area contributed by atoms with Gasteiger partial charge in [-0.25, -0.2) is 9.80 Å². The highest BCUT2D eigenvalue weighted by atomic mass is 16.2. The van der Waals surface area contributed by atoms with E-state index in [0.717, 1.165) is 24.3 Å². The van der Waals surface area contributed by atoms with E-state index in [1.54, 1.807) is 13.8 Å². The van der Waals surface area contributed by atoms with Gasteiger partial charge in [0.1, 0.15) is 5.41 Å². The molecule has 2 aliphatic heterocycles. The van der Waals surface area contributed by atoms with E-state index in [9.17, 15) is 14.4 Å². The van der Waals surface area contributed by atoms with Crippen molar-refractivity contribution in [3.8, 4) is 0 Å². The maximum absolute atomic E-state index is 12.5. The second-order valence-electron chi connectivity index (χ2n) is 6.01. The molecule has 2 fully saturated rings. The van der Waals surface area contributed by atoms with Crippen molar-refractivity contribution in [1.29, 1.82) is 0 Å². The third kappa shape index (κ3) is 2.14. The van der Waals surface area contributed by atoms with Crippen LogP contribution in [0.15, 0.2) is 0 Å². The van der Waals surface area contributed by atoms with Crippen molar-refractivity contribution in [1.82, 2.24) is 15.3 Å². The Morgan fingerprint density at radius 2 is 1.63 bits per heavy atom. The summed E-state index contributed by atoms with van der Waals surface area (Å²) in [5, 5.41) is 5.22. The van der Waals surface area contributed by atoms with E-state index in [2.05, 4.69) is 5.32 Å². The minimum atomic E-state index is -1.20. The summed E-state index contributed by atoms with van der Waals surface area (Å²) < 4.78 is 0. The summed E-state index contributed by atoms with van der Waals surface area (Å²) in [6.45, 7) is 7.09. The molecule has 0 aromatic heterocycles. The Kier molecular flexibility index (Phi) is 3.38. The van der Waals surface area contributed by atoms with E-state index in [0.29, 0.717) is 0 Å². The molecule has 0 aliphatic carbocycles. The van der Waals surface area contributed by atoms with Crippen LogP contribution in [0.4, 0.5) is 4.79 Å². The van der Waals surface area contributed by atoms with Crippen molar-refractivity contribution in [3.63, 3.8) is 0 Å². The number of carbonyl (C=O) groups excluding carboxylic acids is 3. The number of hydrazine groups is 1. The van der Waals surface area contributed by atoms with Gasteiger partial charge in [0.05, 0.1) is 0 Å². The fourth-order valence-corrected chi connectivity index (χ4v) is 2.77. The van der Waals surface area contributed by atoms with Gasteiger partial charge >= 0.3 is 6.03 Å². The maximum atomic E-state index is 12.5. The molecule has 19 heavy (non-hydrogen) atoms. The Morgan fingerprint density at radius 1 is 1.11 bits per heavy atom. The fraction of sp³-hybridized carbons (Fsp3) is 0.769. The molecule has 2 aliphatic rings. The van der Waals surface area contributed by atoms with Crippen molar-refractivity contribution in [2.24, 2.45) is 5.41 Å². The molecule has 0 saturated carbocycles. The van der Waals surface area contributed by atoms with Crippen LogP contribution in [0.25, 0.3) is 0 Å². The molecule has 106 valence electrons. The Bertz CT molecular complexity index is 423. The number of hydrogen-bond acceptors (Lipinski definition) is 4. The number of hydrogen-bond donors (Lipinski definition) is 1. The van der Waals surface area contributed by atoms with Crippen molar-refractivity contribution in [2.75, 3.05) is 0 Å². The van der Waals surface area contributed by atoms with Gasteiger partial charge in [-0.2, -0.15) is 5.01 Å². The molecular formula is C13H21N3O3. The first-order valence-corrected chi connectivity index (χ1v) is 6.75. The predicted molar refractivity (Wildman–Crippen MR) is 68.8 cm³/mol. The summed E-state index contributed by atoms with van der Waals surface area (Å²) >= 11 is 0. The number of imide groups is 2. The minimum absolute atomic E-state index is 0.113.